The number of benzene rings is 4. The first-order chi connectivity index (χ1) is 40.7. The van der Waals surface area contributed by atoms with Gasteiger partial charge in [-0.25, -0.2) is 14.4 Å². The number of nitrogens with zero attached hydrogens (tertiary/aromatic N) is 5. The maximum Gasteiger partial charge on any atom is 0.343 e. The number of carboxylic acids is 2. The van der Waals surface area contributed by atoms with Crippen LogP contribution in [0.15, 0.2) is 173 Å². The summed E-state index contributed by atoms with van der Waals surface area (Å²) in [4.78, 5) is 75.8. The van der Waals surface area contributed by atoms with Gasteiger partial charge in [0.05, 0.1) is 6.61 Å². The van der Waals surface area contributed by atoms with Gasteiger partial charge in [0, 0.05) is 111 Å². The predicted molar refractivity (Wildman–Crippen MR) is 334 cm³/mol. The fourth-order valence-corrected chi connectivity index (χ4v) is 12.0. The van der Waals surface area contributed by atoms with Gasteiger partial charge in [0.25, 0.3) is 0 Å². The minimum atomic E-state index is -1.33. The lowest BCUT2D eigenvalue weighted by Crippen LogP contribution is -2.44. The number of rotatable bonds is 18. The predicted octanol–water partition coefficient (Wildman–Crippen LogP) is 10.4. The largest absolute Gasteiger partial charge is 0.503 e. The molecule has 7 aromatic rings. The maximum absolute atomic E-state index is 12.2. The first-order valence-corrected chi connectivity index (χ1v) is 29.6. The fourth-order valence-electron chi connectivity index (χ4n) is 12.0. The van der Waals surface area contributed by atoms with Gasteiger partial charge in [-0.2, -0.15) is 0 Å². The van der Waals surface area contributed by atoms with Gasteiger partial charge in [0.2, 0.25) is 5.43 Å². The second-order valence-electron chi connectivity index (χ2n) is 22.4. The van der Waals surface area contributed by atoms with Gasteiger partial charge in [0.15, 0.2) is 16.6 Å². The Morgan fingerprint density at radius 2 is 0.906 bits per heavy atom. The average molecular weight is 1180 g/mol. The van der Waals surface area contributed by atoms with E-state index in [4.69, 9.17) is 4.74 Å². The molecule has 0 spiro atoms. The van der Waals surface area contributed by atoms with E-state index in [1.54, 1.807) is 43.9 Å². The number of aryl methyl sites for hydroxylation is 2. The molecule has 3 fully saturated rings. The number of piperidine rings is 3. The van der Waals surface area contributed by atoms with Gasteiger partial charge in [0.1, 0.15) is 16.7 Å². The number of carboxylic acid groups (broad SMARTS) is 2. The summed E-state index contributed by atoms with van der Waals surface area (Å²) in [5, 5.41) is 32.1. The molecule has 3 saturated heterocycles. The third kappa shape index (κ3) is 17.8. The molecule has 3 aromatic heterocycles. The van der Waals surface area contributed by atoms with Crippen LogP contribution in [0.2, 0.25) is 0 Å². The van der Waals surface area contributed by atoms with E-state index in [0.29, 0.717) is 36.3 Å². The highest BCUT2D eigenvalue weighted by Gasteiger charge is 2.30. The molecule has 0 bridgehead atoms. The minimum absolute atomic E-state index is 0. The van der Waals surface area contributed by atoms with Gasteiger partial charge >= 0.3 is 17.9 Å². The van der Waals surface area contributed by atoms with Crippen LogP contribution in [0.25, 0.3) is 0 Å². The molecule has 0 radical (unpaired) electrons. The van der Waals surface area contributed by atoms with Gasteiger partial charge in [-0.1, -0.05) is 141 Å². The second kappa shape index (κ2) is 31.8. The molecule has 6 heterocycles. The summed E-state index contributed by atoms with van der Waals surface area (Å²) >= 11 is 0. The quantitative estimate of drug-likeness (QED) is 0.0591. The number of aromatic hydroxyl groups is 1. The summed E-state index contributed by atoms with van der Waals surface area (Å²) in [5.41, 5.74) is 4.26. The van der Waals surface area contributed by atoms with Crippen LogP contribution in [0, 0.1) is 13.8 Å². The highest BCUT2D eigenvalue weighted by atomic mass is 35.5. The Labute approximate surface area is 503 Å². The number of aromatic nitrogens is 3. The zero-order valence-corrected chi connectivity index (χ0v) is 49.8. The average Bonchev–Trinajstić information content (AvgIpc) is 3.71. The number of hydrogen-bond donors (Lipinski definition) is 4. The third-order valence-corrected chi connectivity index (χ3v) is 16.4. The Hall–Kier alpha value is -7.89. The molecule has 0 aliphatic carbocycles. The van der Waals surface area contributed by atoms with E-state index in [9.17, 15) is 44.1 Å². The summed E-state index contributed by atoms with van der Waals surface area (Å²) < 4.78 is 10.4. The molecule has 3 atom stereocenters. The van der Waals surface area contributed by atoms with Crippen LogP contribution in [-0.4, -0.2) is 114 Å². The van der Waals surface area contributed by atoms with E-state index in [1.165, 1.54) is 53.7 Å². The molecule has 4 N–H and O–H groups in total. The number of pyridine rings is 3. The van der Waals surface area contributed by atoms with Crippen LogP contribution in [0.4, 0.5) is 0 Å². The van der Waals surface area contributed by atoms with E-state index < -0.39 is 40.1 Å². The summed E-state index contributed by atoms with van der Waals surface area (Å²) in [6, 6.07) is 43.1. The van der Waals surface area contributed by atoms with Crippen molar-refractivity contribution in [1.29, 1.82) is 0 Å². The topological polar surface area (TPSA) is 206 Å². The van der Waals surface area contributed by atoms with Crippen molar-refractivity contribution in [3.8, 4) is 5.75 Å². The van der Waals surface area contributed by atoms with Crippen molar-refractivity contribution in [1.82, 2.24) is 28.8 Å². The maximum atomic E-state index is 12.2. The molecule has 0 saturated carbocycles. The van der Waals surface area contributed by atoms with E-state index in [-0.39, 0.29) is 53.4 Å². The third-order valence-electron chi connectivity index (χ3n) is 16.4. The molecule has 0 amide bonds. The van der Waals surface area contributed by atoms with Gasteiger partial charge in [-0.15, -0.1) is 12.4 Å². The van der Waals surface area contributed by atoms with E-state index >= 15 is 0 Å². The minimum Gasteiger partial charge on any atom is -0.503 e. The first kappa shape index (κ1) is 64.7. The fraction of sp³-hybridized carbons (Fsp3) is 0.382. The van der Waals surface area contributed by atoms with Crippen molar-refractivity contribution in [2.75, 3.05) is 39.3 Å². The Morgan fingerprint density at radius 1 is 0.518 bits per heavy atom. The number of ether oxygens (including phenoxy) is 1. The molecule has 3 aliphatic rings. The number of carbonyl (C=O) groups excluding carboxylic acids is 1. The van der Waals surface area contributed by atoms with E-state index in [0.717, 1.165) is 84.2 Å². The Kier molecular flexibility index (Phi) is 24.2. The van der Waals surface area contributed by atoms with Crippen LogP contribution < -0.4 is 21.6 Å². The molecule has 3 unspecified atom stereocenters. The van der Waals surface area contributed by atoms with Crippen LogP contribution in [0.3, 0.4) is 0 Å². The number of hydrogen-bond acceptors (Lipinski definition) is 11. The number of aromatic carboxylic acids is 2. The van der Waals surface area contributed by atoms with Crippen molar-refractivity contribution in [3.05, 3.63) is 239 Å². The highest BCUT2D eigenvalue weighted by Crippen LogP contribution is 2.31. The lowest BCUT2D eigenvalue weighted by atomic mass is 9.89. The standard InChI is InChI=1S/C27H30N2O3.C26H28N2O4.C15H22N2O3.ClH/c1-20-16-28(18-25(26(20)30)27(31)32)17-23-14-8-9-15-29(23)19-24(21-10-4-2-5-11-21)22-12-6-3-7-13-22;29-24-18-27(16-23(25(24)30)26(31)32)15-21-13-7-8-14-28(21)17-22(19-9-3-1-4-10-19)20-11-5-2-6-12-20;1-3-20-15(19)13-10-17(8-11(2)14(13)18)9-12-6-4-5-7-16-12;/h2-7,10-13,16,18,23-24H,8-9,14-15,17,19H2,1H3,(H,31,32);1-6,9-12,16,18,21-22,29H,7-8,13-15,17H2,(H,31,32);8,10,12,16H,3-7,9H2,1-2H3;1H. The normalized spacial score (nSPS) is 17.1. The summed E-state index contributed by atoms with van der Waals surface area (Å²) in [6.45, 7) is 12.2. The van der Waals surface area contributed by atoms with Crippen LogP contribution >= 0.6 is 12.4 Å². The number of nitrogens with one attached hydrogen (secondary N) is 1. The molecule has 3 aliphatic heterocycles. The van der Waals surface area contributed by atoms with E-state index in [2.05, 4.69) is 112 Å². The molecule has 85 heavy (non-hydrogen) atoms. The van der Waals surface area contributed by atoms with E-state index in [1.807, 2.05) is 33.4 Å². The Morgan fingerprint density at radius 3 is 1.32 bits per heavy atom. The van der Waals surface area contributed by atoms with Crippen LogP contribution in [0.1, 0.15) is 141 Å². The number of likely N-dealkylation sites (tertiary alicyclic amines) is 2. The summed E-state index contributed by atoms with van der Waals surface area (Å²) in [5.74, 6) is -3.07. The molecular formula is C68H81ClN6O10. The summed E-state index contributed by atoms with van der Waals surface area (Å²) in [6.07, 6.45) is 19.5. The molecular weight excluding hydrogens is 1100 g/mol. The van der Waals surface area contributed by atoms with Crippen molar-refractivity contribution in [3.63, 3.8) is 0 Å². The molecule has 16 nitrogen and oxygen atoms in total. The number of esters is 1. The zero-order chi connectivity index (χ0) is 59.5. The summed E-state index contributed by atoms with van der Waals surface area (Å²) in [7, 11) is 0. The van der Waals surface area contributed by atoms with Gasteiger partial charge < -0.3 is 39.1 Å². The monoisotopic (exact) mass is 1180 g/mol. The van der Waals surface area contributed by atoms with Crippen molar-refractivity contribution >= 4 is 30.3 Å². The smallest absolute Gasteiger partial charge is 0.343 e. The molecule has 450 valence electrons. The van der Waals surface area contributed by atoms with Crippen molar-refractivity contribution < 1.29 is 34.4 Å². The second-order valence-corrected chi connectivity index (χ2v) is 22.4. The first-order valence-electron chi connectivity index (χ1n) is 29.6. The Bertz CT molecular complexity index is 3200. The van der Waals surface area contributed by atoms with Crippen LogP contribution in [0.5, 0.6) is 5.75 Å². The Balaban J connectivity index is 0.000000187. The lowest BCUT2D eigenvalue weighted by molar-refractivity contribution is 0.0522. The highest BCUT2D eigenvalue weighted by molar-refractivity contribution is 5.89. The zero-order valence-electron chi connectivity index (χ0n) is 49.0. The lowest BCUT2D eigenvalue weighted by Gasteiger charge is -2.38. The molecule has 10 rings (SSSR count). The number of carbonyl (C=O) groups is 3. The number of halogens is 1. The van der Waals surface area contributed by atoms with Crippen molar-refractivity contribution in [2.24, 2.45) is 0 Å². The van der Waals surface area contributed by atoms with Crippen LogP contribution in [-0.2, 0) is 24.4 Å². The van der Waals surface area contributed by atoms with Crippen molar-refractivity contribution in [2.45, 2.75) is 128 Å². The molecule has 17 heteroatoms. The SMILES string of the molecule is CCOC(=O)c1cn(CC2CCCCN2)cc(C)c1=O.Cc1cn(CC2CCCCN2CC(c2ccccc2)c2ccccc2)cc(C(=O)O)c1=O.Cl.O=C(O)c1cn(CC2CCCCN2CC(c2ccccc2)c2ccccc2)cc(O)c1=O. The molecule has 4 aromatic carbocycles. The van der Waals surface area contributed by atoms with Gasteiger partial charge in [-0.05, 0) is 101 Å². The van der Waals surface area contributed by atoms with Gasteiger partial charge in [-0.3, -0.25) is 24.2 Å².